The molecule has 1 N–H and O–H groups in total. The molecule has 94 valence electrons. The SMILES string of the molecule is Cc1ccc(Nc2cccc(C(F)(P)P)c2)cn1. The lowest BCUT2D eigenvalue weighted by Gasteiger charge is -2.16. The summed E-state index contributed by atoms with van der Waals surface area (Å²) in [6, 6.07) is 11.1. The number of halogens is 1. The molecule has 18 heavy (non-hydrogen) atoms. The van der Waals surface area contributed by atoms with Crippen LogP contribution in [0.2, 0.25) is 0 Å². The number of nitrogens with zero attached hydrogens (tertiary/aromatic N) is 1. The monoisotopic (exact) mass is 280 g/mol. The molecule has 0 aliphatic rings. The Morgan fingerprint density at radius 1 is 1.17 bits per heavy atom. The summed E-state index contributed by atoms with van der Waals surface area (Å²) < 4.78 is 13.8. The molecular formula is C13H15FN2P2. The Bertz CT molecular complexity index is 535. The molecule has 2 nitrogen and oxygen atoms in total. The van der Waals surface area contributed by atoms with Gasteiger partial charge in [0, 0.05) is 11.4 Å². The Balaban J connectivity index is 2.22. The topological polar surface area (TPSA) is 24.9 Å². The van der Waals surface area contributed by atoms with Gasteiger partial charge < -0.3 is 5.32 Å². The van der Waals surface area contributed by atoms with Gasteiger partial charge >= 0.3 is 0 Å². The minimum absolute atomic E-state index is 0.586. The highest BCUT2D eigenvalue weighted by Crippen LogP contribution is 2.40. The molecule has 5 heteroatoms. The summed E-state index contributed by atoms with van der Waals surface area (Å²) in [6.45, 7) is 1.93. The third-order valence-corrected chi connectivity index (χ3v) is 3.17. The van der Waals surface area contributed by atoms with Crippen molar-refractivity contribution in [3.05, 3.63) is 53.9 Å². The molecule has 0 amide bonds. The predicted octanol–water partition coefficient (Wildman–Crippen LogP) is 3.96. The van der Waals surface area contributed by atoms with Gasteiger partial charge in [0.15, 0.2) is 5.15 Å². The largest absolute Gasteiger partial charge is 0.354 e. The number of anilines is 2. The van der Waals surface area contributed by atoms with E-state index in [1.807, 2.05) is 31.2 Å². The number of alkyl halides is 1. The van der Waals surface area contributed by atoms with E-state index in [2.05, 4.69) is 28.8 Å². The van der Waals surface area contributed by atoms with Gasteiger partial charge in [0.1, 0.15) is 0 Å². The first kappa shape index (κ1) is 13.4. The minimum Gasteiger partial charge on any atom is -0.354 e. The molecule has 2 aromatic rings. The van der Waals surface area contributed by atoms with Gasteiger partial charge in [-0.2, -0.15) is 0 Å². The number of hydrogen-bond acceptors (Lipinski definition) is 2. The smallest absolute Gasteiger partial charge is 0.160 e. The maximum atomic E-state index is 13.8. The van der Waals surface area contributed by atoms with E-state index in [0.717, 1.165) is 17.1 Å². The molecule has 0 spiro atoms. The fourth-order valence-electron chi connectivity index (χ4n) is 1.54. The van der Waals surface area contributed by atoms with Gasteiger partial charge in [-0.25, -0.2) is 4.39 Å². The zero-order chi connectivity index (χ0) is 13.2. The lowest BCUT2D eigenvalue weighted by Crippen LogP contribution is -2.00. The molecule has 0 bridgehead atoms. The third-order valence-electron chi connectivity index (χ3n) is 2.51. The van der Waals surface area contributed by atoms with Crippen molar-refractivity contribution < 1.29 is 4.39 Å². The summed E-state index contributed by atoms with van der Waals surface area (Å²) in [5, 5.41) is 1.70. The first-order chi connectivity index (χ1) is 8.45. The fraction of sp³-hybridized carbons (Fsp3) is 0.154. The van der Waals surface area contributed by atoms with E-state index in [0.29, 0.717) is 5.56 Å². The minimum atomic E-state index is -1.50. The average molecular weight is 280 g/mol. The highest BCUT2D eigenvalue weighted by molar-refractivity contribution is 7.38. The first-order valence-electron chi connectivity index (χ1n) is 5.52. The van der Waals surface area contributed by atoms with Gasteiger partial charge in [-0.3, -0.25) is 4.98 Å². The number of aryl methyl sites for hydroxylation is 1. The third kappa shape index (κ3) is 3.48. The Morgan fingerprint density at radius 2 is 1.94 bits per heavy atom. The molecule has 0 fully saturated rings. The first-order valence-corrected chi connectivity index (χ1v) is 6.67. The molecule has 1 aromatic carbocycles. The summed E-state index contributed by atoms with van der Waals surface area (Å²) in [5.74, 6) is 0. The van der Waals surface area contributed by atoms with Crippen LogP contribution in [0.1, 0.15) is 11.3 Å². The van der Waals surface area contributed by atoms with Gasteiger partial charge in [0.2, 0.25) is 0 Å². The van der Waals surface area contributed by atoms with E-state index in [9.17, 15) is 4.39 Å². The molecule has 0 saturated carbocycles. The summed E-state index contributed by atoms with van der Waals surface area (Å²) in [7, 11) is 4.33. The number of rotatable bonds is 3. The highest BCUT2D eigenvalue weighted by atomic mass is 31.1. The molecule has 2 unspecified atom stereocenters. The van der Waals surface area contributed by atoms with Crippen molar-refractivity contribution in [2.45, 2.75) is 12.1 Å². The highest BCUT2D eigenvalue weighted by Gasteiger charge is 2.18. The number of pyridine rings is 1. The van der Waals surface area contributed by atoms with Crippen molar-refractivity contribution in [2.24, 2.45) is 0 Å². The fourth-order valence-corrected chi connectivity index (χ4v) is 1.90. The van der Waals surface area contributed by atoms with Gasteiger partial charge in [-0.15, -0.1) is 0 Å². The van der Waals surface area contributed by atoms with E-state index in [4.69, 9.17) is 0 Å². The zero-order valence-electron chi connectivity index (χ0n) is 10.0. The second-order valence-corrected chi connectivity index (χ2v) is 6.51. The Kier molecular flexibility index (Phi) is 3.94. The molecular weight excluding hydrogens is 265 g/mol. The van der Waals surface area contributed by atoms with Gasteiger partial charge in [-0.05, 0) is 36.8 Å². The lowest BCUT2D eigenvalue weighted by molar-refractivity contribution is 0.423. The summed E-state index contributed by atoms with van der Waals surface area (Å²) in [5.41, 5.74) is 3.27. The number of benzene rings is 1. The Labute approximate surface area is 111 Å². The van der Waals surface area contributed by atoms with Crippen molar-refractivity contribution in [2.75, 3.05) is 5.32 Å². The van der Waals surface area contributed by atoms with Crippen LogP contribution in [0.3, 0.4) is 0 Å². The van der Waals surface area contributed by atoms with Gasteiger partial charge in [0.05, 0.1) is 11.9 Å². The van der Waals surface area contributed by atoms with E-state index in [1.165, 1.54) is 0 Å². The van der Waals surface area contributed by atoms with Gasteiger partial charge in [-0.1, -0.05) is 30.6 Å². The quantitative estimate of drug-likeness (QED) is 0.861. The van der Waals surface area contributed by atoms with E-state index in [-0.39, 0.29) is 0 Å². The molecule has 0 aliphatic heterocycles. The average Bonchev–Trinajstić information content (AvgIpc) is 2.31. The second-order valence-electron chi connectivity index (χ2n) is 4.16. The number of hydrogen-bond donors (Lipinski definition) is 1. The molecule has 2 atom stereocenters. The Hall–Kier alpha value is -1.04. The normalized spacial score (nSPS) is 11.3. The standard InChI is InChI=1S/C13H15FN2P2/c1-9-5-6-12(8-15-9)16-11-4-2-3-10(7-11)13(14,17)18/h2-8,16H,17-18H2,1H3. The number of nitrogens with one attached hydrogen (secondary N) is 1. The lowest BCUT2D eigenvalue weighted by atomic mass is 10.2. The Morgan fingerprint density at radius 3 is 2.56 bits per heavy atom. The van der Waals surface area contributed by atoms with Crippen LogP contribution in [0.25, 0.3) is 0 Å². The van der Waals surface area contributed by atoms with E-state index < -0.39 is 5.15 Å². The zero-order valence-corrected chi connectivity index (χ0v) is 12.3. The maximum Gasteiger partial charge on any atom is 0.160 e. The van der Waals surface area contributed by atoms with Crippen molar-refractivity contribution in [3.8, 4) is 0 Å². The summed E-state index contributed by atoms with van der Waals surface area (Å²) in [4.78, 5) is 4.20. The van der Waals surface area contributed by atoms with Gasteiger partial charge in [0.25, 0.3) is 0 Å². The molecule has 0 saturated heterocycles. The molecule has 2 rings (SSSR count). The van der Waals surface area contributed by atoms with Crippen LogP contribution in [0.4, 0.5) is 15.8 Å². The van der Waals surface area contributed by atoms with Crippen molar-refractivity contribution in [1.82, 2.24) is 4.98 Å². The van der Waals surface area contributed by atoms with Crippen LogP contribution < -0.4 is 5.32 Å². The van der Waals surface area contributed by atoms with E-state index >= 15 is 0 Å². The molecule has 1 heterocycles. The summed E-state index contributed by atoms with van der Waals surface area (Å²) >= 11 is 0. The van der Waals surface area contributed by atoms with Crippen molar-refractivity contribution in [3.63, 3.8) is 0 Å². The van der Waals surface area contributed by atoms with Crippen LogP contribution in [-0.4, -0.2) is 4.98 Å². The van der Waals surface area contributed by atoms with E-state index in [1.54, 1.807) is 18.3 Å². The number of aromatic nitrogens is 1. The van der Waals surface area contributed by atoms with Crippen molar-refractivity contribution >= 4 is 29.9 Å². The summed E-state index contributed by atoms with van der Waals surface area (Å²) in [6.07, 6.45) is 1.76. The van der Waals surface area contributed by atoms with Crippen molar-refractivity contribution in [1.29, 1.82) is 0 Å². The molecule has 0 radical (unpaired) electrons. The van der Waals surface area contributed by atoms with Crippen LogP contribution in [-0.2, 0) is 5.15 Å². The molecule has 0 aliphatic carbocycles. The molecule has 1 aromatic heterocycles. The van der Waals surface area contributed by atoms with Crippen LogP contribution in [0.5, 0.6) is 0 Å². The van der Waals surface area contributed by atoms with Crippen LogP contribution in [0.15, 0.2) is 42.6 Å². The second kappa shape index (κ2) is 5.30. The van der Waals surface area contributed by atoms with Crippen LogP contribution in [0, 0.1) is 6.92 Å². The van der Waals surface area contributed by atoms with Crippen LogP contribution >= 0.6 is 18.5 Å². The maximum absolute atomic E-state index is 13.8. The predicted molar refractivity (Wildman–Crippen MR) is 80.9 cm³/mol.